The molecule has 1 aromatic carbocycles. The number of aromatic nitrogens is 4. The molecular formula is C21H21N5O. The molecule has 0 radical (unpaired) electrons. The van der Waals surface area contributed by atoms with Crippen LogP contribution in [0.4, 0.5) is 0 Å². The van der Waals surface area contributed by atoms with Gasteiger partial charge >= 0.3 is 0 Å². The van der Waals surface area contributed by atoms with Crippen LogP contribution in [0.5, 0.6) is 0 Å². The van der Waals surface area contributed by atoms with Gasteiger partial charge in [-0.2, -0.15) is 10.2 Å². The van der Waals surface area contributed by atoms with Gasteiger partial charge in [-0.05, 0) is 32.3 Å². The highest BCUT2D eigenvalue weighted by Crippen LogP contribution is 2.33. The Bertz CT molecular complexity index is 1130. The summed E-state index contributed by atoms with van der Waals surface area (Å²) in [7, 11) is 3.96. The van der Waals surface area contributed by atoms with Crippen molar-refractivity contribution < 1.29 is 0 Å². The van der Waals surface area contributed by atoms with Crippen molar-refractivity contribution >= 4 is 5.52 Å². The SMILES string of the molecule is CN(C)CCn1nc(-c2c(-c3ccccc3)nn3ccccc23)ccc1=O. The van der Waals surface area contributed by atoms with E-state index in [0.29, 0.717) is 6.54 Å². The van der Waals surface area contributed by atoms with Crippen LogP contribution < -0.4 is 5.56 Å². The predicted octanol–water partition coefficient (Wildman–Crippen LogP) is 2.79. The Labute approximate surface area is 157 Å². The Morgan fingerprint density at radius 3 is 2.48 bits per heavy atom. The van der Waals surface area contributed by atoms with Crippen LogP contribution in [-0.4, -0.2) is 44.9 Å². The Balaban J connectivity index is 1.91. The lowest BCUT2D eigenvalue weighted by molar-refractivity contribution is 0.368. The van der Waals surface area contributed by atoms with Crippen molar-refractivity contribution in [3.05, 3.63) is 77.2 Å². The average molecular weight is 359 g/mol. The van der Waals surface area contributed by atoms with Gasteiger partial charge in [-0.1, -0.05) is 36.4 Å². The van der Waals surface area contributed by atoms with Crippen molar-refractivity contribution in [2.45, 2.75) is 6.54 Å². The molecule has 0 fully saturated rings. The number of likely N-dealkylation sites (N-methyl/N-ethyl adjacent to an activating group) is 1. The first kappa shape index (κ1) is 17.2. The maximum Gasteiger partial charge on any atom is 0.266 e. The van der Waals surface area contributed by atoms with E-state index < -0.39 is 0 Å². The summed E-state index contributed by atoms with van der Waals surface area (Å²) in [6.45, 7) is 1.29. The van der Waals surface area contributed by atoms with E-state index in [0.717, 1.165) is 34.6 Å². The monoisotopic (exact) mass is 359 g/mol. The highest BCUT2D eigenvalue weighted by Gasteiger charge is 2.18. The number of nitrogens with zero attached hydrogens (tertiary/aromatic N) is 5. The van der Waals surface area contributed by atoms with E-state index >= 15 is 0 Å². The second kappa shape index (κ2) is 7.17. The van der Waals surface area contributed by atoms with Crippen molar-refractivity contribution in [2.24, 2.45) is 0 Å². The van der Waals surface area contributed by atoms with Gasteiger partial charge < -0.3 is 4.90 Å². The first-order chi connectivity index (χ1) is 13.1. The summed E-state index contributed by atoms with van der Waals surface area (Å²) in [5.41, 5.74) is 4.41. The van der Waals surface area contributed by atoms with E-state index in [1.165, 1.54) is 4.68 Å². The third kappa shape index (κ3) is 3.39. The zero-order valence-electron chi connectivity index (χ0n) is 15.4. The van der Waals surface area contributed by atoms with Gasteiger partial charge in [0.15, 0.2) is 0 Å². The minimum atomic E-state index is -0.0988. The Hall–Kier alpha value is -3.25. The number of pyridine rings is 1. The van der Waals surface area contributed by atoms with Crippen LogP contribution in [0.1, 0.15) is 0 Å². The summed E-state index contributed by atoms with van der Waals surface area (Å²) in [5, 5.41) is 9.41. The van der Waals surface area contributed by atoms with Crippen LogP contribution in [0, 0.1) is 0 Å². The molecule has 0 amide bonds. The summed E-state index contributed by atoms with van der Waals surface area (Å²) in [6.07, 6.45) is 1.92. The van der Waals surface area contributed by atoms with E-state index in [4.69, 9.17) is 5.10 Å². The normalized spacial score (nSPS) is 11.4. The van der Waals surface area contributed by atoms with Gasteiger partial charge in [0.25, 0.3) is 5.56 Å². The second-order valence-corrected chi connectivity index (χ2v) is 6.70. The molecule has 6 heteroatoms. The third-order valence-electron chi connectivity index (χ3n) is 4.47. The Morgan fingerprint density at radius 2 is 1.70 bits per heavy atom. The lowest BCUT2D eigenvalue weighted by Gasteiger charge is -2.11. The first-order valence-electron chi connectivity index (χ1n) is 8.89. The molecule has 0 atom stereocenters. The lowest BCUT2D eigenvalue weighted by atomic mass is 10.0. The third-order valence-corrected chi connectivity index (χ3v) is 4.47. The van der Waals surface area contributed by atoms with Crippen LogP contribution in [0.2, 0.25) is 0 Å². The minimum absolute atomic E-state index is 0.0988. The molecule has 136 valence electrons. The number of benzene rings is 1. The van der Waals surface area contributed by atoms with E-state index in [1.807, 2.05) is 78.2 Å². The number of hydrogen-bond donors (Lipinski definition) is 0. The summed E-state index contributed by atoms with van der Waals surface area (Å²) >= 11 is 0. The molecule has 4 aromatic rings. The first-order valence-corrected chi connectivity index (χ1v) is 8.89. The highest BCUT2D eigenvalue weighted by atomic mass is 16.1. The van der Waals surface area contributed by atoms with Crippen molar-refractivity contribution in [1.29, 1.82) is 0 Å². The molecule has 0 bridgehead atoms. The molecule has 0 aliphatic carbocycles. The fourth-order valence-electron chi connectivity index (χ4n) is 3.09. The van der Waals surface area contributed by atoms with E-state index in [9.17, 15) is 4.79 Å². The molecule has 3 aromatic heterocycles. The maximum atomic E-state index is 12.2. The average Bonchev–Trinajstić information content (AvgIpc) is 3.07. The zero-order valence-corrected chi connectivity index (χ0v) is 15.4. The van der Waals surface area contributed by atoms with Crippen LogP contribution >= 0.6 is 0 Å². The molecule has 0 aliphatic rings. The van der Waals surface area contributed by atoms with Crippen molar-refractivity contribution in [3.8, 4) is 22.5 Å². The summed E-state index contributed by atoms with van der Waals surface area (Å²) in [6, 6.07) is 19.4. The van der Waals surface area contributed by atoms with Gasteiger partial charge in [0.2, 0.25) is 0 Å². The molecule has 3 heterocycles. The second-order valence-electron chi connectivity index (χ2n) is 6.70. The van der Waals surface area contributed by atoms with Crippen LogP contribution in [0.15, 0.2) is 71.7 Å². The Kier molecular flexibility index (Phi) is 4.56. The van der Waals surface area contributed by atoms with Gasteiger partial charge in [0, 0.05) is 24.4 Å². The molecule has 0 saturated carbocycles. The van der Waals surface area contributed by atoms with Gasteiger partial charge in [-0.25, -0.2) is 9.20 Å². The predicted molar refractivity (Wildman–Crippen MR) is 107 cm³/mol. The molecule has 0 unspecified atom stereocenters. The highest BCUT2D eigenvalue weighted by molar-refractivity contribution is 5.90. The fourth-order valence-corrected chi connectivity index (χ4v) is 3.09. The molecule has 0 aliphatic heterocycles. The smallest absolute Gasteiger partial charge is 0.266 e. The minimum Gasteiger partial charge on any atom is -0.308 e. The van der Waals surface area contributed by atoms with Crippen molar-refractivity contribution in [1.82, 2.24) is 24.3 Å². The quantitative estimate of drug-likeness (QED) is 0.550. The van der Waals surface area contributed by atoms with E-state index in [1.54, 1.807) is 12.1 Å². The van der Waals surface area contributed by atoms with E-state index in [2.05, 4.69) is 5.10 Å². The lowest BCUT2D eigenvalue weighted by Crippen LogP contribution is -2.28. The van der Waals surface area contributed by atoms with Crippen molar-refractivity contribution in [2.75, 3.05) is 20.6 Å². The molecular weight excluding hydrogens is 338 g/mol. The topological polar surface area (TPSA) is 55.4 Å². The summed E-state index contributed by atoms with van der Waals surface area (Å²) in [4.78, 5) is 14.3. The number of rotatable bonds is 5. The van der Waals surface area contributed by atoms with Gasteiger partial charge in [-0.15, -0.1) is 0 Å². The summed E-state index contributed by atoms with van der Waals surface area (Å²) in [5.74, 6) is 0. The van der Waals surface area contributed by atoms with Gasteiger partial charge in [0.1, 0.15) is 5.69 Å². The van der Waals surface area contributed by atoms with Crippen LogP contribution in [-0.2, 0) is 6.54 Å². The largest absolute Gasteiger partial charge is 0.308 e. The molecule has 0 N–H and O–H groups in total. The standard InChI is InChI=1S/C21H21N5O/c1-24(2)14-15-26-19(27)12-11-17(22-26)20-18-10-6-7-13-25(18)23-21(20)16-8-4-3-5-9-16/h3-13H,14-15H2,1-2H3. The maximum absolute atomic E-state index is 12.2. The van der Waals surface area contributed by atoms with Gasteiger partial charge in [-0.3, -0.25) is 4.79 Å². The van der Waals surface area contributed by atoms with E-state index in [-0.39, 0.29) is 5.56 Å². The van der Waals surface area contributed by atoms with Crippen LogP contribution in [0.25, 0.3) is 28.0 Å². The van der Waals surface area contributed by atoms with Crippen LogP contribution in [0.3, 0.4) is 0 Å². The molecule has 6 nitrogen and oxygen atoms in total. The molecule has 0 spiro atoms. The Morgan fingerprint density at radius 1 is 0.926 bits per heavy atom. The van der Waals surface area contributed by atoms with Crippen molar-refractivity contribution in [3.63, 3.8) is 0 Å². The summed E-state index contributed by atoms with van der Waals surface area (Å²) < 4.78 is 3.38. The molecule has 4 rings (SSSR count). The molecule has 27 heavy (non-hydrogen) atoms. The molecule has 0 saturated heterocycles. The number of fused-ring (bicyclic) bond motifs is 1. The fraction of sp³-hybridized carbons (Fsp3) is 0.190. The zero-order chi connectivity index (χ0) is 18.8. The van der Waals surface area contributed by atoms with Gasteiger partial charge in [0.05, 0.1) is 23.3 Å². The number of hydrogen-bond acceptors (Lipinski definition) is 4.